The second kappa shape index (κ2) is 11.2. The van der Waals surface area contributed by atoms with Crippen LogP contribution in [0.4, 0.5) is 10.5 Å². The molecule has 3 rings (SSSR count). The van der Waals surface area contributed by atoms with E-state index in [4.69, 9.17) is 11.6 Å². The van der Waals surface area contributed by atoms with E-state index in [1.807, 2.05) is 18.4 Å². The Hall–Kier alpha value is -2.58. The predicted molar refractivity (Wildman–Crippen MR) is 124 cm³/mol. The molecule has 166 valence electrons. The van der Waals surface area contributed by atoms with E-state index in [0.717, 1.165) is 6.42 Å². The van der Waals surface area contributed by atoms with Crippen LogP contribution in [0.2, 0.25) is 5.02 Å². The van der Waals surface area contributed by atoms with Gasteiger partial charge in [0.1, 0.15) is 6.04 Å². The van der Waals surface area contributed by atoms with Crippen LogP contribution >= 0.6 is 22.9 Å². The summed E-state index contributed by atoms with van der Waals surface area (Å²) in [6, 6.07) is 9.73. The maximum Gasteiger partial charge on any atom is 0.321 e. The number of thiophene rings is 1. The lowest BCUT2D eigenvalue weighted by molar-refractivity contribution is -0.124. The lowest BCUT2D eigenvalue weighted by Gasteiger charge is -2.35. The molecule has 1 fully saturated rings. The number of piperidine rings is 1. The molecule has 1 aromatic heterocycles. The molecule has 3 N–H and O–H groups in total. The first-order chi connectivity index (χ1) is 15.0. The van der Waals surface area contributed by atoms with E-state index in [1.54, 1.807) is 35.2 Å². The predicted octanol–water partition coefficient (Wildman–Crippen LogP) is 3.97. The molecule has 0 aliphatic carbocycles. The van der Waals surface area contributed by atoms with Crippen molar-refractivity contribution in [3.05, 3.63) is 51.7 Å². The highest BCUT2D eigenvalue weighted by Crippen LogP contribution is 2.23. The normalized spacial score (nSPS) is 15.2. The smallest absolute Gasteiger partial charge is 0.321 e. The van der Waals surface area contributed by atoms with Crippen molar-refractivity contribution in [2.24, 2.45) is 5.92 Å². The average molecular weight is 463 g/mol. The molecule has 0 saturated carbocycles. The third-order valence-corrected chi connectivity index (χ3v) is 6.34. The van der Waals surface area contributed by atoms with Crippen molar-refractivity contribution in [2.75, 3.05) is 25.0 Å². The van der Waals surface area contributed by atoms with Crippen molar-refractivity contribution in [2.45, 2.75) is 32.2 Å². The molecule has 1 atom stereocenters. The number of nitrogens with one attached hydrogen (secondary N) is 3. The van der Waals surface area contributed by atoms with Crippen LogP contribution in [0.5, 0.6) is 0 Å². The molecular formula is C22H27ClN4O3S. The number of urea groups is 1. The van der Waals surface area contributed by atoms with Gasteiger partial charge >= 0.3 is 6.03 Å². The number of amides is 4. The zero-order chi connectivity index (χ0) is 22.2. The summed E-state index contributed by atoms with van der Waals surface area (Å²) < 4.78 is 0. The van der Waals surface area contributed by atoms with Crippen LogP contribution in [0, 0.1) is 5.92 Å². The highest BCUT2D eigenvalue weighted by molar-refractivity contribution is 7.12. The summed E-state index contributed by atoms with van der Waals surface area (Å²) in [6.45, 7) is 3.55. The third kappa shape index (κ3) is 6.45. The Balaban J connectivity index is 1.60. The Kier molecular flexibility index (Phi) is 8.31. The minimum atomic E-state index is -0.626. The van der Waals surface area contributed by atoms with E-state index in [-0.39, 0.29) is 23.8 Å². The van der Waals surface area contributed by atoms with Gasteiger partial charge in [-0.25, -0.2) is 4.79 Å². The Bertz CT molecular complexity index is 898. The van der Waals surface area contributed by atoms with Crippen molar-refractivity contribution in [3.8, 4) is 0 Å². The average Bonchev–Trinajstić information content (AvgIpc) is 3.31. The number of hydrogen-bond donors (Lipinski definition) is 3. The Morgan fingerprint density at radius 1 is 1.19 bits per heavy atom. The maximum atomic E-state index is 12.8. The van der Waals surface area contributed by atoms with Crippen LogP contribution in [-0.4, -0.2) is 48.4 Å². The number of benzene rings is 1. The lowest BCUT2D eigenvalue weighted by atomic mass is 9.88. The lowest BCUT2D eigenvalue weighted by Crippen LogP contribution is -2.54. The van der Waals surface area contributed by atoms with Gasteiger partial charge in [0.15, 0.2) is 0 Å². The molecule has 9 heteroatoms. The molecule has 1 aliphatic heterocycles. The molecule has 0 radical (unpaired) electrons. The third-order valence-electron chi connectivity index (χ3n) is 5.24. The van der Waals surface area contributed by atoms with Gasteiger partial charge in [0.2, 0.25) is 5.91 Å². The standard InChI is InChI=1S/C22H27ClN4O3S/c1-2-10-24-21(29)19(26-20(28)18-7-4-13-31-18)15-8-11-27(12-9-15)22(30)25-17-6-3-5-16(23)14-17/h3-7,13-15,19H,2,8-12H2,1H3,(H,24,29)(H,25,30)(H,26,28)/t19-/m0/s1. The Labute approximate surface area is 191 Å². The van der Waals surface area contributed by atoms with Crippen LogP contribution < -0.4 is 16.0 Å². The van der Waals surface area contributed by atoms with E-state index in [0.29, 0.717) is 48.1 Å². The van der Waals surface area contributed by atoms with Gasteiger partial charge in [-0.1, -0.05) is 30.7 Å². The zero-order valence-corrected chi connectivity index (χ0v) is 19.0. The van der Waals surface area contributed by atoms with Gasteiger partial charge in [-0.15, -0.1) is 11.3 Å². The second-order valence-corrected chi connectivity index (χ2v) is 8.87. The van der Waals surface area contributed by atoms with Crippen LogP contribution in [0.1, 0.15) is 35.9 Å². The number of carbonyl (C=O) groups is 3. The minimum Gasteiger partial charge on any atom is -0.354 e. The fourth-order valence-electron chi connectivity index (χ4n) is 3.58. The molecule has 0 spiro atoms. The monoisotopic (exact) mass is 462 g/mol. The van der Waals surface area contributed by atoms with Gasteiger partial charge in [-0.3, -0.25) is 9.59 Å². The summed E-state index contributed by atoms with van der Waals surface area (Å²) in [5.41, 5.74) is 0.639. The fourth-order valence-corrected chi connectivity index (χ4v) is 4.40. The Morgan fingerprint density at radius 3 is 2.61 bits per heavy atom. The first-order valence-corrected chi connectivity index (χ1v) is 11.7. The number of rotatable bonds is 7. The molecule has 1 saturated heterocycles. The topological polar surface area (TPSA) is 90.5 Å². The first-order valence-electron chi connectivity index (χ1n) is 10.4. The van der Waals surface area contributed by atoms with Crippen molar-refractivity contribution in [3.63, 3.8) is 0 Å². The molecule has 7 nitrogen and oxygen atoms in total. The maximum absolute atomic E-state index is 12.8. The van der Waals surface area contributed by atoms with E-state index in [9.17, 15) is 14.4 Å². The van der Waals surface area contributed by atoms with Gasteiger partial charge in [-0.05, 0) is 54.8 Å². The summed E-state index contributed by atoms with van der Waals surface area (Å²) in [4.78, 5) is 40.2. The van der Waals surface area contributed by atoms with Crippen molar-refractivity contribution >= 4 is 46.5 Å². The van der Waals surface area contributed by atoms with Crippen LogP contribution in [0.15, 0.2) is 41.8 Å². The molecule has 0 unspecified atom stereocenters. The molecule has 31 heavy (non-hydrogen) atoms. The summed E-state index contributed by atoms with van der Waals surface area (Å²) >= 11 is 7.32. The second-order valence-electron chi connectivity index (χ2n) is 7.48. The van der Waals surface area contributed by atoms with Gasteiger partial charge < -0.3 is 20.9 Å². The number of halogens is 1. The van der Waals surface area contributed by atoms with Gasteiger partial charge in [0.25, 0.3) is 5.91 Å². The summed E-state index contributed by atoms with van der Waals surface area (Å²) in [5, 5.41) is 11.0. The SMILES string of the molecule is CCCNC(=O)[C@@H](NC(=O)c1cccs1)C1CCN(C(=O)Nc2cccc(Cl)c2)CC1. The molecule has 0 bridgehead atoms. The number of likely N-dealkylation sites (tertiary alicyclic amines) is 1. The summed E-state index contributed by atoms with van der Waals surface area (Å²) in [7, 11) is 0. The van der Waals surface area contributed by atoms with Crippen LogP contribution in [0.25, 0.3) is 0 Å². The fraction of sp³-hybridized carbons (Fsp3) is 0.409. The van der Waals surface area contributed by atoms with Gasteiger partial charge in [0.05, 0.1) is 4.88 Å². The van der Waals surface area contributed by atoms with Crippen molar-refractivity contribution < 1.29 is 14.4 Å². The van der Waals surface area contributed by atoms with Crippen molar-refractivity contribution in [1.29, 1.82) is 0 Å². The van der Waals surface area contributed by atoms with E-state index in [1.165, 1.54) is 11.3 Å². The number of carbonyl (C=O) groups excluding carboxylic acids is 3. The van der Waals surface area contributed by atoms with E-state index >= 15 is 0 Å². The summed E-state index contributed by atoms with van der Waals surface area (Å²) in [5.74, 6) is -0.461. The minimum absolute atomic E-state index is 0.0454. The van der Waals surface area contributed by atoms with Crippen LogP contribution in [-0.2, 0) is 4.79 Å². The molecule has 2 aromatic rings. The summed E-state index contributed by atoms with van der Waals surface area (Å²) in [6.07, 6.45) is 2.06. The number of hydrogen-bond acceptors (Lipinski definition) is 4. The zero-order valence-electron chi connectivity index (χ0n) is 17.4. The molecule has 4 amide bonds. The van der Waals surface area contributed by atoms with Crippen LogP contribution in [0.3, 0.4) is 0 Å². The highest BCUT2D eigenvalue weighted by atomic mass is 35.5. The largest absolute Gasteiger partial charge is 0.354 e. The van der Waals surface area contributed by atoms with Gasteiger partial charge in [-0.2, -0.15) is 0 Å². The molecule has 1 aliphatic rings. The van der Waals surface area contributed by atoms with E-state index in [2.05, 4.69) is 16.0 Å². The Morgan fingerprint density at radius 2 is 1.97 bits per heavy atom. The first kappa shape index (κ1) is 23.1. The molecular weight excluding hydrogens is 436 g/mol. The van der Waals surface area contributed by atoms with Crippen molar-refractivity contribution in [1.82, 2.24) is 15.5 Å². The number of anilines is 1. The van der Waals surface area contributed by atoms with Gasteiger partial charge in [0, 0.05) is 30.3 Å². The number of nitrogens with zero attached hydrogens (tertiary/aromatic N) is 1. The quantitative estimate of drug-likeness (QED) is 0.581. The van der Waals surface area contributed by atoms with E-state index < -0.39 is 6.04 Å². The molecule has 1 aromatic carbocycles. The molecule has 2 heterocycles. The highest BCUT2D eigenvalue weighted by Gasteiger charge is 2.34.